The van der Waals surface area contributed by atoms with Crippen LogP contribution in [0.3, 0.4) is 0 Å². The van der Waals surface area contributed by atoms with E-state index in [0.29, 0.717) is 29.4 Å². The number of methoxy groups -OCH3 is 2. The second-order valence-electron chi connectivity index (χ2n) is 5.97. The number of nitrogens with one attached hydrogen (secondary N) is 1. The molecule has 0 fully saturated rings. The summed E-state index contributed by atoms with van der Waals surface area (Å²) < 4.78 is 15.2. The van der Waals surface area contributed by atoms with Crippen LogP contribution in [0, 0.1) is 0 Å². The van der Waals surface area contributed by atoms with E-state index in [-0.39, 0.29) is 18.4 Å². The molecule has 2 amide bonds. The molecule has 2 aromatic rings. The summed E-state index contributed by atoms with van der Waals surface area (Å²) in [5.41, 5.74) is 0.400. The first kappa shape index (κ1) is 20.3. The van der Waals surface area contributed by atoms with E-state index in [1.54, 1.807) is 18.2 Å². The molecule has 8 heteroatoms. The summed E-state index contributed by atoms with van der Waals surface area (Å²) in [6.07, 6.45) is 4.15. The van der Waals surface area contributed by atoms with Crippen LogP contribution >= 0.6 is 0 Å². The first-order valence-corrected chi connectivity index (χ1v) is 8.80. The molecule has 27 heavy (non-hydrogen) atoms. The van der Waals surface area contributed by atoms with Gasteiger partial charge in [-0.05, 0) is 18.6 Å². The average Bonchev–Trinajstić information content (AvgIpc) is 3.19. The van der Waals surface area contributed by atoms with Crippen LogP contribution in [0.25, 0.3) is 0 Å². The Balaban J connectivity index is 2.16. The fourth-order valence-electron chi connectivity index (χ4n) is 2.55. The molecular weight excluding hydrogens is 350 g/mol. The predicted molar refractivity (Wildman–Crippen MR) is 100 cm³/mol. The normalized spacial score (nSPS) is 10.3. The first-order chi connectivity index (χ1) is 13.1. The van der Waals surface area contributed by atoms with Crippen molar-refractivity contribution >= 4 is 17.6 Å². The summed E-state index contributed by atoms with van der Waals surface area (Å²) in [5, 5.41) is 6.25. The van der Waals surface area contributed by atoms with E-state index < -0.39 is 0 Å². The van der Waals surface area contributed by atoms with Gasteiger partial charge in [0.25, 0.3) is 5.91 Å². The van der Waals surface area contributed by atoms with E-state index in [4.69, 9.17) is 14.0 Å². The molecule has 0 aliphatic heterocycles. The molecule has 0 bridgehead atoms. The Hall–Kier alpha value is -3.03. The summed E-state index contributed by atoms with van der Waals surface area (Å²) in [4.78, 5) is 26.8. The lowest BCUT2D eigenvalue weighted by atomic mass is 10.1. The molecule has 0 spiro atoms. The fraction of sp³-hybridized carbons (Fsp3) is 0.421. The van der Waals surface area contributed by atoms with Gasteiger partial charge in [0.05, 0.1) is 14.2 Å². The van der Waals surface area contributed by atoms with Crippen LogP contribution in [0.2, 0.25) is 0 Å². The number of ether oxygens (including phenoxy) is 2. The number of anilines is 1. The van der Waals surface area contributed by atoms with E-state index >= 15 is 0 Å². The van der Waals surface area contributed by atoms with Crippen molar-refractivity contribution in [3.8, 4) is 11.5 Å². The molecule has 0 saturated heterocycles. The van der Waals surface area contributed by atoms with Gasteiger partial charge in [0, 0.05) is 24.2 Å². The van der Waals surface area contributed by atoms with Gasteiger partial charge in [0.1, 0.15) is 24.3 Å². The van der Waals surface area contributed by atoms with Gasteiger partial charge in [-0.1, -0.05) is 24.9 Å². The lowest BCUT2D eigenvalue weighted by molar-refractivity contribution is -0.117. The zero-order valence-electron chi connectivity index (χ0n) is 15.9. The third-order valence-corrected chi connectivity index (χ3v) is 3.96. The van der Waals surface area contributed by atoms with Crippen LogP contribution in [-0.4, -0.2) is 49.2 Å². The minimum atomic E-state index is -0.344. The van der Waals surface area contributed by atoms with Gasteiger partial charge in [-0.15, -0.1) is 0 Å². The van der Waals surface area contributed by atoms with Crippen LogP contribution < -0.4 is 14.8 Å². The Morgan fingerprint density at radius 3 is 2.41 bits per heavy atom. The molecule has 0 atom stereocenters. The minimum Gasteiger partial charge on any atom is -0.497 e. The van der Waals surface area contributed by atoms with Crippen LogP contribution in [0.4, 0.5) is 5.82 Å². The number of nitrogens with zero attached hydrogens (tertiary/aromatic N) is 2. The molecular formula is C19H25N3O5. The number of unbranched alkanes of at least 4 members (excludes halogenated alkanes) is 2. The van der Waals surface area contributed by atoms with Crippen molar-refractivity contribution in [2.75, 3.05) is 32.6 Å². The number of carbonyl (C=O) groups is 2. The number of benzene rings is 1. The highest BCUT2D eigenvalue weighted by atomic mass is 16.5. The van der Waals surface area contributed by atoms with Crippen molar-refractivity contribution in [1.29, 1.82) is 0 Å². The molecule has 0 aliphatic rings. The van der Waals surface area contributed by atoms with E-state index in [1.165, 1.54) is 31.4 Å². The highest BCUT2D eigenvalue weighted by Crippen LogP contribution is 2.23. The SMILES string of the molecule is CCCCCN(CC(=O)Nc1ccon1)C(=O)c1cc(OC)cc(OC)c1. The summed E-state index contributed by atoms with van der Waals surface area (Å²) in [6.45, 7) is 2.46. The quantitative estimate of drug-likeness (QED) is 0.642. The Morgan fingerprint density at radius 2 is 1.85 bits per heavy atom. The van der Waals surface area contributed by atoms with Gasteiger partial charge in [-0.25, -0.2) is 0 Å². The van der Waals surface area contributed by atoms with Crippen molar-refractivity contribution in [3.63, 3.8) is 0 Å². The first-order valence-electron chi connectivity index (χ1n) is 8.80. The van der Waals surface area contributed by atoms with Gasteiger partial charge in [0.2, 0.25) is 5.91 Å². The molecule has 2 rings (SSSR count). The fourth-order valence-corrected chi connectivity index (χ4v) is 2.55. The van der Waals surface area contributed by atoms with Crippen molar-refractivity contribution in [2.45, 2.75) is 26.2 Å². The maximum atomic E-state index is 13.0. The zero-order valence-corrected chi connectivity index (χ0v) is 15.9. The third kappa shape index (κ3) is 6.02. The van der Waals surface area contributed by atoms with E-state index in [1.807, 2.05) is 0 Å². The highest BCUT2D eigenvalue weighted by Gasteiger charge is 2.20. The lowest BCUT2D eigenvalue weighted by Crippen LogP contribution is -2.38. The summed E-state index contributed by atoms with van der Waals surface area (Å²) >= 11 is 0. The maximum absolute atomic E-state index is 13.0. The smallest absolute Gasteiger partial charge is 0.254 e. The number of carbonyl (C=O) groups excluding carboxylic acids is 2. The summed E-state index contributed by atoms with van der Waals surface area (Å²) in [7, 11) is 3.04. The second kappa shape index (κ2) is 10.2. The highest BCUT2D eigenvalue weighted by molar-refractivity contribution is 5.99. The number of hydrogen-bond donors (Lipinski definition) is 1. The van der Waals surface area contributed by atoms with Crippen LogP contribution in [0.1, 0.15) is 36.5 Å². The molecule has 8 nitrogen and oxygen atoms in total. The molecule has 1 aromatic heterocycles. The number of amides is 2. The average molecular weight is 375 g/mol. The Bertz CT molecular complexity index is 724. The van der Waals surface area contributed by atoms with Crippen molar-refractivity contribution < 1.29 is 23.6 Å². The second-order valence-corrected chi connectivity index (χ2v) is 5.97. The van der Waals surface area contributed by atoms with Gasteiger partial charge in [0.15, 0.2) is 5.82 Å². The van der Waals surface area contributed by atoms with Crippen LogP contribution in [-0.2, 0) is 4.79 Å². The minimum absolute atomic E-state index is 0.0884. The number of hydrogen-bond acceptors (Lipinski definition) is 6. The summed E-state index contributed by atoms with van der Waals surface area (Å²) in [6, 6.07) is 6.49. The maximum Gasteiger partial charge on any atom is 0.254 e. The van der Waals surface area contributed by atoms with Gasteiger partial charge >= 0.3 is 0 Å². The largest absolute Gasteiger partial charge is 0.497 e. The van der Waals surface area contributed by atoms with E-state index in [0.717, 1.165) is 19.3 Å². The molecule has 0 unspecified atom stereocenters. The Labute approximate surface area is 158 Å². The topological polar surface area (TPSA) is 93.9 Å². The van der Waals surface area contributed by atoms with Gasteiger partial charge < -0.3 is 24.2 Å². The Kier molecular flexibility index (Phi) is 7.66. The zero-order chi connectivity index (χ0) is 19.6. The molecule has 0 saturated carbocycles. The lowest BCUT2D eigenvalue weighted by Gasteiger charge is -2.22. The standard InChI is InChI=1S/C19H25N3O5/c1-4-5-6-8-22(13-18(23)20-17-7-9-27-21-17)19(24)14-10-15(25-2)12-16(11-14)26-3/h7,9-12H,4-6,8,13H2,1-3H3,(H,20,21,23). The molecule has 1 N–H and O–H groups in total. The molecule has 0 radical (unpaired) electrons. The Morgan fingerprint density at radius 1 is 1.15 bits per heavy atom. The third-order valence-electron chi connectivity index (χ3n) is 3.96. The molecule has 1 heterocycles. The summed E-state index contributed by atoms with van der Waals surface area (Å²) in [5.74, 6) is 0.725. The molecule has 1 aromatic carbocycles. The molecule has 0 aliphatic carbocycles. The van der Waals surface area contributed by atoms with Crippen LogP contribution in [0.15, 0.2) is 35.1 Å². The number of aromatic nitrogens is 1. The van der Waals surface area contributed by atoms with E-state index in [2.05, 4.69) is 17.4 Å². The molecule has 146 valence electrons. The van der Waals surface area contributed by atoms with Crippen molar-refractivity contribution in [2.24, 2.45) is 0 Å². The van der Waals surface area contributed by atoms with Gasteiger partial charge in [-0.2, -0.15) is 0 Å². The van der Waals surface area contributed by atoms with Gasteiger partial charge in [-0.3, -0.25) is 9.59 Å². The van der Waals surface area contributed by atoms with Crippen LogP contribution in [0.5, 0.6) is 11.5 Å². The number of rotatable bonds is 10. The predicted octanol–water partition coefficient (Wildman–Crippen LogP) is 2.96. The monoisotopic (exact) mass is 375 g/mol. The van der Waals surface area contributed by atoms with Crippen molar-refractivity contribution in [1.82, 2.24) is 10.1 Å². The van der Waals surface area contributed by atoms with E-state index in [9.17, 15) is 9.59 Å². The van der Waals surface area contributed by atoms with Crippen molar-refractivity contribution in [3.05, 3.63) is 36.1 Å².